The Morgan fingerprint density at radius 3 is 1.80 bits per heavy atom. The van der Waals surface area contributed by atoms with Gasteiger partial charge in [-0.1, -0.05) is 19.1 Å². The summed E-state index contributed by atoms with van der Waals surface area (Å²) in [5.74, 6) is -0.233. The quantitative estimate of drug-likeness (QED) is 0.436. The molecule has 15 heavy (non-hydrogen) atoms. The van der Waals surface area contributed by atoms with E-state index in [-0.39, 0.29) is 18.4 Å². The van der Waals surface area contributed by atoms with Gasteiger partial charge in [0.25, 0.3) is 0 Å². The molecule has 0 aromatic carbocycles. The van der Waals surface area contributed by atoms with Gasteiger partial charge in [-0.05, 0) is 18.8 Å². The number of allylic oxidation sites excluding steroid dienone is 2. The smallest absolute Gasteiger partial charge is 0.170 e. The Hall–Kier alpha value is -0.680. The first kappa shape index (κ1) is 12.4. The van der Waals surface area contributed by atoms with E-state index in [1.807, 2.05) is 0 Å². The van der Waals surface area contributed by atoms with Crippen molar-refractivity contribution in [3.05, 3.63) is 12.2 Å². The van der Waals surface area contributed by atoms with Gasteiger partial charge in [-0.25, -0.2) is 0 Å². The van der Waals surface area contributed by atoms with Gasteiger partial charge in [0.1, 0.15) is 0 Å². The van der Waals surface area contributed by atoms with Gasteiger partial charge in [0.05, 0.1) is 0 Å². The van der Waals surface area contributed by atoms with E-state index < -0.39 is 24.2 Å². The second kappa shape index (κ2) is 3.42. The summed E-state index contributed by atoms with van der Waals surface area (Å²) in [5.41, 5.74) is -3.65. The first-order valence-electron chi connectivity index (χ1n) is 4.43. The molecule has 0 saturated heterocycles. The number of hydrogen-bond acceptors (Lipinski definition) is 0. The van der Waals surface area contributed by atoms with E-state index in [9.17, 15) is 26.3 Å². The Labute approximate surface area is 83.0 Å². The molecule has 0 fully saturated rings. The fourth-order valence-electron chi connectivity index (χ4n) is 1.60. The summed E-state index contributed by atoms with van der Waals surface area (Å²) in [5, 5.41) is 0. The highest BCUT2D eigenvalue weighted by Gasteiger charge is 2.69. The maximum Gasteiger partial charge on any atom is 0.406 e. The van der Waals surface area contributed by atoms with E-state index in [1.165, 1.54) is 0 Å². The second-order valence-electron chi connectivity index (χ2n) is 3.84. The minimum Gasteiger partial charge on any atom is -0.170 e. The summed E-state index contributed by atoms with van der Waals surface area (Å²) in [4.78, 5) is 0. The first-order chi connectivity index (χ1) is 6.60. The zero-order valence-corrected chi connectivity index (χ0v) is 7.91. The number of halogens is 6. The van der Waals surface area contributed by atoms with Crippen LogP contribution in [0.1, 0.15) is 19.8 Å². The fourth-order valence-corrected chi connectivity index (χ4v) is 1.60. The van der Waals surface area contributed by atoms with Crippen molar-refractivity contribution in [2.45, 2.75) is 32.1 Å². The molecule has 0 aliphatic heterocycles. The summed E-state index contributed by atoms with van der Waals surface area (Å²) in [6.07, 6.45) is -10.3. The highest BCUT2D eigenvalue weighted by molar-refractivity contribution is 5.12. The van der Waals surface area contributed by atoms with Crippen molar-refractivity contribution in [3.8, 4) is 0 Å². The molecule has 0 radical (unpaired) electrons. The van der Waals surface area contributed by atoms with E-state index in [2.05, 4.69) is 0 Å². The van der Waals surface area contributed by atoms with E-state index >= 15 is 0 Å². The molecule has 1 aliphatic carbocycles. The Morgan fingerprint density at radius 1 is 1.07 bits per heavy atom. The van der Waals surface area contributed by atoms with Crippen LogP contribution in [0.25, 0.3) is 0 Å². The molecular weight excluding hydrogens is 222 g/mol. The van der Waals surface area contributed by atoms with Crippen LogP contribution in [-0.2, 0) is 0 Å². The van der Waals surface area contributed by atoms with Crippen LogP contribution >= 0.6 is 0 Å². The van der Waals surface area contributed by atoms with Crippen LogP contribution in [0.2, 0.25) is 0 Å². The normalized spacial score (nSPS) is 26.7. The average Bonchev–Trinajstić information content (AvgIpc) is 2.00. The molecule has 0 bridgehead atoms. The molecule has 0 nitrogen and oxygen atoms in total. The molecule has 1 atom stereocenters. The number of alkyl halides is 6. The largest absolute Gasteiger partial charge is 0.406 e. The monoisotopic (exact) mass is 232 g/mol. The molecule has 0 heterocycles. The third-order valence-corrected chi connectivity index (χ3v) is 2.71. The zero-order valence-electron chi connectivity index (χ0n) is 7.91. The number of hydrogen-bond donors (Lipinski definition) is 0. The van der Waals surface area contributed by atoms with Crippen molar-refractivity contribution in [1.29, 1.82) is 0 Å². The summed E-state index contributed by atoms with van der Waals surface area (Å²) >= 11 is 0. The highest BCUT2D eigenvalue weighted by Crippen LogP contribution is 2.56. The number of rotatable bonds is 0. The van der Waals surface area contributed by atoms with Gasteiger partial charge >= 0.3 is 12.4 Å². The lowest BCUT2D eigenvalue weighted by Gasteiger charge is -2.37. The van der Waals surface area contributed by atoms with Gasteiger partial charge in [0.15, 0.2) is 5.41 Å². The average molecular weight is 232 g/mol. The third-order valence-electron chi connectivity index (χ3n) is 2.71. The second-order valence-corrected chi connectivity index (χ2v) is 3.84. The zero-order chi connectivity index (χ0) is 11.9. The Balaban J connectivity index is 3.16. The van der Waals surface area contributed by atoms with Crippen LogP contribution < -0.4 is 0 Å². The minimum absolute atomic E-state index is 0.102. The van der Waals surface area contributed by atoms with Crippen molar-refractivity contribution in [2.75, 3.05) is 0 Å². The summed E-state index contributed by atoms with van der Waals surface area (Å²) < 4.78 is 74.7. The summed E-state index contributed by atoms with van der Waals surface area (Å²) in [7, 11) is 0. The maximum absolute atomic E-state index is 12.4. The predicted octanol–water partition coefficient (Wildman–Crippen LogP) is 4.08. The van der Waals surface area contributed by atoms with Crippen molar-refractivity contribution < 1.29 is 26.3 Å². The summed E-state index contributed by atoms with van der Waals surface area (Å²) in [6, 6.07) is 0. The lowest BCUT2D eigenvalue weighted by atomic mass is 9.75. The Bertz CT molecular complexity index is 245. The lowest BCUT2D eigenvalue weighted by molar-refractivity contribution is -0.325. The SMILES string of the molecule is CC1C=CC(C(F)(F)F)(C(F)(F)F)CC1. The standard InChI is InChI=1S/C9H10F6/c1-6-2-4-7(5-3-6,8(10,11)12)9(13,14)15/h2,4,6H,3,5H2,1H3. The van der Waals surface area contributed by atoms with Crippen molar-refractivity contribution in [2.24, 2.45) is 11.3 Å². The summed E-state index contributed by atoms with van der Waals surface area (Å²) in [6.45, 7) is 1.59. The predicted molar refractivity (Wildman–Crippen MR) is 42.1 cm³/mol. The van der Waals surface area contributed by atoms with Crippen LogP contribution in [0.15, 0.2) is 12.2 Å². The molecule has 0 aromatic rings. The van der Waals surface area contributed by atoms with Gasteiger partial charge in [-0.3, -0.25) is 0 Å². The minimum atomic E-state index is -5.28. The molecule has 0 spiro atoms. The van der Waals surface area contributed by atoms with Crippen LogP contribution in [0.3, 0.4) is 0 Å². The van der Waals surface area contributed by atoms with Crippen LogP contribution in [-0.4, -0.2) is 12.4 Å². The van der Waals surface area contributed by atoms with Crippen molar-refractivity contribution >= 4 is 0 Å². The van der Waals surface area contributed by atoms with Gasteiger partial charge < -0.3 is 0 Å². The van der Waals surface area contributed by atoms with E-state index in [1.54, 1.807) is 6.92 Å². The molecule has 1 aliphatic rings. The first-order valence-corrected chi connectivity index (χ1v) is 4.43. The van der Waals surface area contributed by atoms with E-state index in [4.69, 9.17) is 0 Å². The molecule has 0 amide bonds. The van der Waals surface area contributed by atoms with Crippen LogP contribution in [0.4, 0.5) is 26.3 Å². The van der Waals surface area contributed by atoms with Gasteiger partial charge in [-0.15, -0.1) is 0 Å². The van der Waals surface area contributed by atoms with Crippen LogP contribution in [0.5, 0.6) is 0 Å². The fraction of sp³-hybridized carbons (Fsp3) is 0.778. The van der Waals surface area contributed by atoms with Crippen molar-refractivity contribution in [3.63, 3.8) is 0 Å². The van der Waals surface area contributed by atoms with E-state index in [0.29, 0.717) is 0 Å². The van der Waals surface area contributed by atoms with Crippen molar-refractivity contribution in [1.82, 2.24) is 0 Å². The molecule has 1 rings (SSSR count). The Morgan fingerprint density at radius 2 is 1.53 bits per heavy atom. The molecule has 0 aromatic heterocycles. The third kappa shape index (κ3) is 1.99. The molecule has 0 saturated carbocycles. The lowest BCUT2D eigenvalue weighted by Crippen LogP contribution is -2.49. The molecule has 0 N–H and O–H groups in total. The molecule has 6 heteroatoms. The molecule has 88 valence electrons. The topological polar surface area (TPSA) is 0 Å². The Kier molecular flexibility index (Phi) is 2.82. The van der Waals surface area contributed by atoms with Gasteiger partial charge in [0.2, 0.25) is 0 Å². The maximum atomic E-state index is 12.4. The molecular formula is C9H10F6. The highest BCUT2D eigenvalue weighted by atomic mass is 19.4. The van der Waals surface area contributed by atoms with E-state index in [0.717, 1.165) is 6.08 Å². The van der Waals surface area contributed by atoms with Gasteiger partial charge in [-0.2, -0.15) is 26.3 Å². The van der Waals surface area contributed by atoms with Crippen LogP contribution in [0, 0.1) is 11.3 Å². The van der Waals surface area contributed by atoms with Gasteiger partial charge in [0, 0.05) is 0 Å². The molecule has 1 unspecified atom stereocenters.